The lowest BCUT2D eigenvalue weighted by molar-refractivity contribution is -0.140. The average Bonchev–Trinajstić information content (AvgIpc) is 3.41. The Balaban J connectivity index is 1.68. The van der Waals surface area contributed by atoms with Crippen LogP contribution in [0.1, 0.15) is 37.3 Å². The van der Waals surface area contributed by atoms with Gasteiger partial charge in [-0.05, 0) is 61.6 Å². The molecule has 1 saturated heterocycles. The van der Waals surface area contributed by atoms with Gasteiger partial charge < -0.3 is 15.3 Å². The van der Waals surface area contributed by atoms with E-state index in [1.165, 1.54) is 21.3 Å². The van der Waals surface area contributed by atoms with Crippen molar-refractivity contribution in [3.63, 3.8) is 0 Å². The van der Waals surface area contributed by atoms with Crippen molar-refractivity contribution in [3.8, 4) is 0 Å². The molecule has 0 spiro atoms. The number of halogens is 1. The maximum atomic E-state index is 13.3. The van der Waals surface area contributed by atoms with E-state index in [9.17, 15) is 22.4 Å². The number of carbonyl (C=O) groups is 2. The topological polar surface area (TPSA) is 107 Å². The Morgan fingerprint density at radius 2 is 1.66 bits per heavy atom. The normalized spacial score (nSPS) is 15.1. The molecule has 0 saturated carbocycles. The van der Waals surface area contributed by atoms with Crippen LogP contribution in [0.2, 0.25) is 0 Å². The van der Waals surface area contributed by atoms with Crippen molar-refractivity contribution in [1.82, 2.24) is 14.5 Å². The number of benzene rings is 2. The minimum Gasteiger partial charge on any atom is -0.395 e. The summed E-state index contributed by atoms with van der Waals surface area (Å²) in [7, 11) is -3.50. The van der Waals surface area contributed by atoms with Crippen molar-refractivity contribution < 1.29 is 27.5 Å². The number of amides is 2. The predicted octanol–water partition coefficient (Wildman–Crippen LogP) is 2.07. The van der Waals surface area contributed by atoms with E-state index in [1.807, 2.05) is 0 Å². The Bertz CT molecular complexity index is 1100. The Hall–Kier alpha value is -2.82. The zero-order valence-corrected chi connectivity index (χ0v) is 20.6. The summed E-state index contributed by atoms with van der Waals surface area (Å²) in [6.07, 6.45) is 2.21. The largest absolute Gasteiger partial charge is 0.395 e. The molecule has 1 heterocycles. The fraction of sp³-hybridized carbons (Fsp3) is 0.440. The van der Waals surface area contributed by atoms with Gasteiger partial charge in [0, 0.05) is 32.6 Å². The van der Waals surface area contributed by atoms with Crippen LogP contribution < -0.4 is 5.32 Å². The minimum atomic E-state index is -3.50. The van der Waals surface area contributed by atoms with Crippen LogP contribution in [0, 0.1) is 5.82 Å². The Kier molecular flexibility index (Phi) is 9.36. The van der Waals surface area contributed by atoms with E-state index >= 15 is 0 Å². The fourth-order valence-corrected chi connectivity index (χ4v) is 5.51. The third kappa shape index (κ3) is 7.09. The number of nitrogens with one attached hydrogen (secondary N) is 1. The SMILES string of the molecule is CC(C(=O)NCCO)N(Cc1ccc(F)cc1)C(=O)CCc1ccc(S(=O)(=O)N2CCCC2)cc1. The van der Waals surface area contributed by atoms with Crippen LogP contribution in [0.25, 0.3) is 0 Å². The summed E-state index contributed by atoms with van der Waals surface area (Å²) in [6.45, 7) is 2.66. The molecule has 2 aromatic carbocycles. The molecule has 1 fully saturated rings. The van der Waals surface area contributed by atoms with Gasteiger partial charge in [-0.1, -0.05) is 24.3 Å². The van der Waals surface area contributed by atoms with Gasteiger partial charge in [-0.25, -0.2) is 12.8 Å². The lowest BCUT2D eigenvalue weighted by Crippen LogP contribution is -2.48. The summed E-state index contributed by atoms with van der Waals surface area (Å²) in [5, 5.41) is 11.6. The van der Waals surface area contributed by atoms with Gasteiger partial charge in [-0.15, -0.1) is 0 Å². The number of rotatable bonds is 11. The summed E-state index contributed by atoms with van der Waals surface area (Å²) >= 11 is 0. The average molecular weight is 506 g/mol. The molecule has 2 N–H and O–H groups in total. The molecule has 0 radical (unpaired) electrons. The second-order valence-corrected chi connectivity index (χ2v) is 10.5. The van der Waals surface area contributed by atoms with Crippen LogP contribution in [0.3, 0.4) is 0 Å². The number of hydrogen-bond acceptors (Lipinski definition) is 5. The van der Waals surface area contributed by atoms with Gasteiger partial charge in [0.05, 0.1) is 11.5 Å². The number of aliphatic hydroxyl groups is 1. The number of aliphatic hydroxyl groups excluding tert-OH is 1. The zero-order valence-electron chi connectivity index (χ0n) is 19.8. The summed E-state index contributed by atoms with van der Waals surface area (Å²) < 4.78 is 40.2. The van der Waals surface area contributed by atoms with Gasteiger partial charge in [0.15, 0.2) is 0 Å². The van der Waals surface area contributed by atoms with E-state index in [2.05, 4.69) is 5.32 Å². The number of sulfonamides is 1. The van der Waals surface area contributed by atoms with Crippen molar-refractivity contribution in [2.45, 2.75) is 50.1 Å². The highest BCUT2D eigenvalue weighted by molar-refractivity contribution is 7.89. The van der Waals surface area contributed by atoms with Crippen molar-refractivity contribution in [2.75, 3.05) is 26.2 Å². The van der Waals surface area contributed by atoms with Gasteiger partial charge >= 0.3 is 0 Å². The van der Waals surface area contributed by atoms with E-state index in [-0.39, 0.29) is 36.9 Å². The molecule has 1 atom stereocenters. The van der Waals surface area contributed by atoms with Crippen molar-refractivity contribution in [2.24, 2.45) is 0 Å². The molecular formula is C25H32FN3O5S. The lowest BCUT2D eigenvalue weighted by Gasteiger charge is -2.29. The summed E-state index contributed by atoms with van der Waals surface area (Å²) in [5.74, 6) is -1.06. The first-order valence-electron chi connectivity index (χ1n) is 11.7. The zero-order chi connectivity index (χ0) is 25.4. The van der Waals surface area contributed by atoms with Crippen molar-refractivity contribution >= 4 is 21.8 Å². The fourth-order valence-electron chi connectivity index (χ4n) is 4.00. The molecule has 2 aromatic rings. The second kappa shape index (κ2) is 12.2. The molecule has 8 nitrogen and oxygen atoms in total. The summed E-state index contributed by atoms with van der Waals surface area (Å²) in [5.41, 5.74) is 1.48. The van der Waals surface area contributed by atoms with Crippen LogP contribution in [0.15, 0.2) is 53.4 Å². The van der Waals surface area contributed by atoms with E-state index in [4.69, 9.17) is 5.11 Å². The minimum absolute atomic E-state index is 0.0778. The van der Waals surface area contributed by atoms with Gasteiger partial charge in [0.25, 0.3) is 0 Å². The smallest absolute Gasteiger partial charge is 0.243 e. The first kappa shape index (κ1) is 26.8. The number of carbonyl (C=O) groups excluding carboxylic acids is 2. The van der Waals surface area contributed by atoms with Crippen molar-refractivity contribution in [1.29, 1.82) is 0 Å². The molecule has 1 aliphatic heterocycles. The molecule has 2 amide bonds. The number of hydrogen-bond donors (Lipinski definition) is 2. The number of aryl methyl sites for hydroxylation is 1. The van der Waals surface area contributed by atoms with E-state index in [1.54, 1.807) is 43.3 Å². The molecule has 3 rings (SSSR count). The molecule has 0 aliphatic carbocycles. The summed E-state index contributed by atoms with van der Waals surface area (Å²) in [6, 6.07) is 11.5. The van der Waals surface area contributed by atoms with Gasteiger partial charge in [-0.3, -0.25) is 9.59 Å². The molecule has 10 heteroatoms. The van der Waals surface area contributed by atoms with Gasteiger partial charge in [0.1, 0.15) is 11.9 Å². The van der Waals surface area contributed by atoms with E-state index in [0.29, 0.717) is 25.1 Å². The van der Waals surface area contributed by atoms with E-state index in [0.717, 1.165) is 18.4 Å². The van der Waals surface area contributed by atoms with Crippen LogP contribution >= 0.6 is 0 Å². The monoisotopic (exact) mass is 505 g/mol. The van der Waals surface area contributed by atoms with Crippen molar-refractivity contribution in [3.05, 3.63) is 65.5 Å². The molecule has 0 aromatic heterocycles. The van der Waals surface area contributed by atoms with Crippen LogP contribution in [-0.4, -0.2) is 66.8 Å². The molecule has 0 bridgehead atoms. The highest BCUT2D eigenvalue weighted by Crippen LogP contribution is 2.21. The molecular weight excluding hydrogens is 473 g/mol. The number of nitrogens with zero attached hydrogens (tertiary/aromatic N) is 2. The molecule has 190 valence electrons. The maximum Gasteiger partial charge on any atom is 0.243 e. The predicted molar refractivity (Wildman–Crippen MR) is 129 cm³/mol. The molecule has 1 unspecified atom stereocenters. The maximum absolute atomic E-state index is 13.3. The first-order valence-corrected chi connectivity index (χ1v) is 13.2. The molecule has 1 aliphatic rings. The van der Waals surface area contributed by atoms with Crippen LogP contribution in [0.4, 0.5) is 4.39 Å². The highest BCUT2D eigenvalue weighted by atomic mass is 32.2. The third-order valence-corrected chi connectivity index (χ3v) is 8.01. The van der Waals surface area contributed by atoms with E-state index < -0.39 is 27.8 Å². The van der Waals surface area contributed by atoms with Crippen LogP contribution in [-0.2, 0) is 32.6 Å². The first-order chi connectivity index (χ1) is 16.7. The highest BCUT2D eigenvalue weighted by Gasteiger charge is 2.28. The third-order valence-electron chi connectivity index (χ3n) is 6.10. The summed E-state index contributed by atoms with van der Waals surface area (Å²) in [4.78, 5) is 27.3. The lowest BCUT2D eigenvalue weighted by atomic mass is 10.1. The Morgan fingerprint density at radius 1 is 1.06 bits per heavy atom. The Labute approximate surface area is 205 Å². The quantitative estimate of drug-likeness (QED) is 0.486. The van der Waals surface area contributed by atoms with Gasteiger partial charge in [-0.2, -0.15) is 4.31 Å². The van der Waals surface area contributed by atoms with Crippen LogP contribution in [0.5, 0.6) is 0 Å². The van der Waals surface area contributed by atoms with Gasteiger partial charge in [0.2, 0.25) is 21.8 Å². The molecule has 35 heavy (non-hydrogen) atoms. The Morgan fingerprint density at radius 3 is 2.26 bits per heavy atom. The standard InChI is InChI=1S/C25H32FN3O5S/c1-19(25(32)27-14-17-30)29(18-21-4-9-22(26)10-5-21)24(31)13-8-20-6-11-23(12-7-20)35(33,34)28-15-2-3-16-28/h4-7,9-12,19,30H,2-3,8,13-18H2,1H3,(H,27,32). The second-order valence-electron chi connectivity index (χ2n) is 8.59.